The summed E-state index contributed by atoms with van der Waals surface area (Å²) >= 11 is 7.58. The molecule has 2 aliphatic heterocycles. The molecule has 0 saturated carbocycles. The molecule has 320 valence electrons. The average molecular weight is 871 g/mol. The van der Waals surface area contributed by atoms with Crippen LogP contribution in [0.2, 0.25) is 5.02 Å². The third-order valence-corrected chi connectivity index (χ3v) is 13.2. The standard InChI is InChI=1S/C44H48ClFN8O6S/c1-22(2)31(16-39(56)54-20-30(55)14-36(54)44(58)48-24(4)26-6-8-27(9-7-26)42-25(5)47-21-61-42)37-17-38(52-60-37)59-11-10-53-18-28(19-53)40-23(3)32-15-35(50-51-43(32)49-40)33-12-29(46)13-34(45)41(33)57/h6-9,12-13,15,17,21-22,24,28,30-31,36,55,57H,10-11,14,16,18-20H2,1-5H3,(H,48,58)(H,49,51)/t24-,30+,31+,36-/m0/s1. The number of carbonyl (C=O) groups excluding carboxylic acids is 2. The molecule has 2 saturated heterocycles. The number of hydrogen-bond acceptors (Lipinski definition) is 12. The van der Waals surface area contributed by atoms with E-state index in [0.717, 1.165) is 57.5 Å². The lowest BCUT2D eigenvalue weighted by Crippen LogP contribution is -2.47. The molecule has 4 atom stereocenters. The molecule has 0 spiro atoms. The van der Waals surface area contributed by atoms with Crippen molar-refractivity contribution in [3.8, 4) is 33.3 Å². The topological polar surface area (TPSA) is 183 Å². The highest BCUT2D eigenvalue weighted by Gasteiger charge is 2.40. The number of aliphatic hydroxyl groups excluding tert-OH is 1. The van der Waals surface area contributed by atoms with Gasteiger partial charge in [0.25, 0.3) is 5.88 Å². The van der Waals surface area contributed by atoms with Gasteiger partial charge in [0, 0.05) is 73.6 Å². The highest BCUT2D eigenvalue weighted by molar-refractivity contribution is 7.13. The Bertz CT molecular complexity index is 2550. The Hall–Kier alpha value is -5.42. The molecule has 17 heteroatoms. The van der Waals surface area contributed by atoms with Crippen LogP contribution in [0.5, 0.6) is 11.6 Å². The Balaban J connectivity index is 0.827. The maximum atomic E-state index is 14.1. The number of halogens is 2. The first-order valence-electron chi connectivity index (χ1n) is 20.4. The Morgan fingerprint density at radius 1 is 1.10 bits per heavy atom. The van der Waals surface area contributed by atoms with Crippen LogP contribution in [-0.2, 0) is 9.59 Å². The van der Waals surface area contributed by atoms with Crippen molar-refractivity contribution in [2.75, 3.05) is 32.8 Å². The lowest BCUT2D eigenvalue weighted by Gasteiger charge is -2.39. The van der Waals surface area contributed by atoms with Crippen molar-refractivity contribution in [2.24, 2.45) is 5.92 Å². The number of hydrogen-bond donors (Lipinski definition) is 4. The third-order valence-electron chi connectivity index (χ3n) is 11.9. The maximum absolute atomic E-state index is 14.1. The van der Waals surface area contributed by atoms with Crippen LogP contribution in [0.25, 0.3) is 32.7 Å². The number of aliphatic hydroxyl groups is 1. The van der Waals surface area contributed by atoms with E-state index < -0.39 is 18.0 Å². The highest BCUT2D eigenvalue weighted by atomic mass is 35.5. The molecule has 61 heavy (non-hydrogen) atoms. The number of fused-ring (bicyclic) bond motifs is 1. The lowest BCUT2D eigenvalue weighted by molar-refractivity contribution is -0.139. The first-order valence-corrected chi connectivity index (χ1v) is 21.6. The van der Waals surface area contributed by atoms with E-state index in [1.807, 2.05) is 64.4 Å². The van der Waals surface area contributed by atoms with Crippen LogP contribution >= 0.6 is 22.9 Å². The van der Waals surface area contributed by atoms with E-state index in [0.29, 0.717) is 36.1 Å². The normalized spacial score (nSPS) is 18.1. The van der Waals surface area contributed by atoms with E-state index >= 15 is 0 Å². The Morgan fingerprint density at radius 2 is 1.87 bits per heavy atom. The molecule has 2 aliphatic rings. The lowest BCUT2D eigenvalue weighted by atomic mass is 9.89. The molecule has 0 unspecified atom stereocenters. The van der Waals surface area contributed by atoms with Gasteiger partial charge in [-0.15, -0.1) is 21.5 Å². The van der Waals surface area contributed by atoms with Gasteiger partial charge in [0.1, 0.15) is 30.0 Å². The number of rotatable bonds is 14. The van der Waals surface area contributed by atoms with Crippen molar-refractivity contribution in [3.05, 3.63) is 93.2 Å². The van der Waals surface area contributed by atoms with Gasteiger partial charge < -0.3 is 34.7 Å². The molecular formula is C44H48ClFN8O6S. The molecule has 6 aromatic rings. The van der Waals surface area contributed by atoms with Gasteiger partial charge in [-0.05, 0) is 66.7 Å². The summed E-state index contributed by atoms with van der Waals surface area (Å²) < 4.78 is 25.7. The second-order valence-corrected chi connectivity index (χ2v) is 17.7. The number of amides is 2. The second-order valence-electron chi connectivity index (χ2n) is 16.4. The summed E-state index contributed by atoms with van der Waals surface area (Å²) in [6.45, 7) is 12.6. The minimum absolute atomic E-state index is 0.0111. The molecule has 0 bridgehead atoms. The molecule has 0 radical (unpaired) electrons. The number of phenolic OH excluding ortho intramolecular Hbond substituents is 1. The molecule has 2 amide bonds. The number of aromatic nitrogens is 5. The van der Waals surface area contributed by atoms with Crippen LogP contribution in [0.4, 0.5) is 4.39 Å². The summed E-state index contributed by atoms with van der Waals surface area (Å²) in [6, 6.07) is 12.6. The molecular weight excluding hydrogens is 823 g/mol. The Kier molecular flexibility index (Phi) is 12.1. The Labute approximate surface area is 361 Å². The van der Waals surface area contributed by atoms with E-state index in [9.17, 15) is 24.2 Å². The van der Waals surface area contributed by atoms with Crippen LogP contribution in [0.15, 0.2) is 58.6 Å². The number of nitrogens with zero attached hydrogens (tertiary/aromatic N) is 6. The summed E-state index contributed by atoms with van der Waals surface area (Å²) in [7, 11) is 0. The average Bonchev–Trinajstić information content (AvgIpc) is 4.03. The number of carbonyl (C=O) groups is 2. The predicted molar refractivity (Wildman–Crippen MR) is 229 cm³/mol. The molecule has 6 heterocycles. The van der Waals surface area contributed by atoms with E-state index in [1.165, 1.54) is 11.0 Å². The second kappa shape index (κ2) is 17.5. The van der Waals surface area contributed by atoms with Crippen molar-refractivity contribution in [3.63, 3.8) is 0 Å². The zero-order valence-electron chi connectivity index (χ0n) is 34.5. The quantitative estimate of drug-likeness (QED) is 0.0862. The molecule has 14 nitrogen and oxygen atoms in total. The first kappa shape index (κ1) is 42.3. The van der Waals surface area contributed by atoms with Gasteiger partial charge in [-0.2, -0.15) is 0 Å². The first-order chi connectivity index (χ1) is 29.2. The SMILES string of the molecule is Cc1ncsc1-c1ccc([C@H](C)NC(=O)[C@@H]2C[C@@H](O)CN2C(=O)C[C@@H](c2cc(OCCN3CC(c4[nH]c5nnc(-c6cc(F)cc(Cl)c6O)cc5c4C)C3)no2)C(C)C)cc1. The monoisotopic (exact) mass is 870 g/mol. The van der Waals surface area contributed by atoms with Crippen LogP contribution in [0.3, 0.4) is 0 Å². The summed E-state index contributed by atoms with van der Waals surface area (Å²) in [4.78, 5) is 40.0. The van der Waals surface area contributed by atoms with Gasteiger partial charge in [0.15, 0.2) is 5.65 Å². The largest absolute Gasteiger partial charge is 0.506 e. The van der Waals surface area contributed by atoms with Crippen LogP contribution in [-0.4, -0.2) is 102 Å². The number of β-amino-alcohol motifs (C(OH)–C–C–N with tert-alkyl or cyclic N) is 1. The van der Waals surface area contributed by atoms with Gasteiger partial charge in [0.2, 0.25) is 11.8 Å². The van der Waals surface area contributed by atoms with Crippen LogP contribution in [0, 0.1) is 25.6 Å². The number of aromatic amines is 1. The van der Waals surface area contributed by atoms with E-state index in [2.05, 4.69) is 35.5 Å². The minimum Gasteiger partial charge on any atom is -0.506 e. The summed E-state index contributed by atoms with van der Waals surface area (Å²) in [6.07, 6.45) is -0.566. The fourth-order valence-corrected chi connectivity index (χ4v) is 9.39. The number of nitrogens with one attached hydrogen (secondary N) is 2. The number of aromatic hydroxyl groups is 1. The number of aryl methyl sites for hydroxylation is 2. The van der Waals surface area contributed by atoms with E-state index in [4.69, 9.17) is 20.9 Å². The number of benzene rings is 2. The summed E-state index contributed by atoms with van der Waals surface area (Å²) in [5.74, 6) is -0.610. The van der Waals surface area contributed by atoms with E-state index in [-0.39, 0.29) is 71.3 Å². The zero-order chi connectivity index (χ0) is 43.1. The molecule has 4 N–H and O–H groups in total. The summed E-state index contributed by atoms with van der Waals surface area (Å²) in [5, 5.41) is 37.5. The number of ether oxygens (including phenoxy) is 1. The predicted octanol–water partition coefficient (Wildman–Crippen LogP) is 7.30. The molecule has 0 aliphatic carbocycles. The number of likely N-dealkylation sites (tertiary alicyclic amines) is 2. The van der Waals surface area contributed by atoms with Gasteiger partial charge >= 0.3 is 0 Å². The molecule has 2 aromatic carbocycles. The molecule has 2 fully saturated rings. The van der Waals surface area contributed by atoms with Crippen molar-refractivity contribution in [1.29, 1.82) is 0 Å². The van der Waals surface area contributed by atoms with Crippen molar-refractivity contribution in [2.45, 2.75) is 77.5 Å². The Morgan fingerprint density at radius 3 is 2.59 bits per heavy atom. The van der Waals surface area contributed by atoms with Crippen LogP contribution < -0.4 is 10.1 Å². The molecule has 8 rings (SSSR count). The highest BCUT2D eigenvalue weighted by Crippen LogP contribution is 2.38. The van der Waals surface area contributed by atoms with Crippen molar-refractivity contribution >= 4 is 45.8 Å². The van der Waals surface area contributed by atoms with Crippen molar-refractivity contribution in [1.82, 2.24) is 40.4 Å². The van der Waals surface area contributed by atoms with Gasteiger partial charge in [-0.3, -0.25) is 14.5 Å². The fraction of sp³-hybridized carbons (Fsp3) is 0.409. The minimum atomic E-state index is -0.805. The van der Waals surface area contributed by atoms with E-state index in [1.54, 1.807) is 23.5 Å². The fourth-order valence-electron chi connectivity index (χ4n) is 8.37. The number of H-pyrrole nitrogens is 1. The maximum Gasteiger partial charge on any atom is 0.254 e. The molecule has 4 aromatic heterocycles. The van der Waals surface area contributed by atoms with Gasteiger partial charge in [-0.1, -0.05) is 49.7 Å². The van der Waals surface area contributed by atoms with Crippen LogP contribution in [0.1, 0.15) is 79.8 Å². The number of phenols is 1. The van der Waals surface area contributed by atoms with Gasteiger partial charge in [0.05, 0.1) is 38.9 Å². The summed E-state index contributed by atoms with van der Waals surface area (Å²) in [5.41, 5.74) is 7.95. The number of thiazole rings is 1. The third kappa shape index (κ3) is 8.85. The smallest absolute Gasteiger partial charge is 0.254 e. The van der Waals surface area contributed by atoms with Gasteiger partial charge in [-0.25, -0.2) is 9.37 Å². The van der Waals surface area contributed by atoms with Crippen molar-refractivity contribution < 1.29 is 33.5 Å². The zero-order valence-corrected chi connectivity index (χ0v) is 36.1.